The van der Waals surface area contributed by atoms with Gasteiger partial charge in [-0.1, -0.05) is 42.5 Å². The number of ether oxygens (including phenoxy) is 1. The van der Waals surface area contributed by atoms with Crippen LogP contribution in [0.5, 0.6) is 0 Å². The Hall–Kier alpha value is -2.66. The molecule has 0 unspecified atom stereocenters. The minimum atomic E-state index is -0.278. The summed E-state index contributed by atoms with van der Waals surface area (Å²) in [5.41, 5.74) is 2.32. The van der Waals surface area contributed by atoms with Gasteiger partial charge < -0.3 is 15.4 Å². The lowest BCUT2D eigenvalue weighted by molar-refractivity contribution is 0.0911. The van der Waals surface area contributed by atoms with Crippen LogP contribution in [0.15, 0.2) is 54.6 Å². The van der Waals surface area contributed by atoms with Gasteiger partial charge in [-0.3, -0.25) is 4.79 Å². The largest absolute Gasteiger partial charge is 0.373 e. The number of urea groups is 1. The molecule has 0 saturated carbocycles. The van der Waals surface area contributed by atoms with Gasteiger partial charge in [-0.25, -0.2) is 4.79 Å². The average molecular weight is 338 g/mol. The number of benzene rings is 2. The van der Waals surface area contributed by atoms with Gasteiger partial charge in [0, 0.05) is 30.3 Å². The van der Waals surface area contributed by atoms with E-state index in [2.05, 4.69) is 22.8 Å². The normalized spacial score (nSPS) is 19.4. The van der Waals surface area contributed by atoms with Crippen LogP contribution < -0.4 is 10.6 Å². The molecule has 0 aromatic heterocycles. The predicted octanol–water partition coefficient (Wildman–Crippen LogP) is 3.79. The summed E-state index contributed by atoms with van der Waals surface area (Å²) in [7, 11) is 0. The van der Waals surface area contributed by atoms with Crippen LogP contribution in [0, 0.1) is 5.92 Å². The summed E-state index contributed by atoms with van der Waals surface area (Å²) in [5, 5.41) is 5.68. The molecule has 0 aliphatic carbocycles. The molecule has 130 valence electrons. The smallest absolute Gasteiger partial charge is 0.319 e. The minimum Gasteiger partial charge on any atom is -0.373 e. The van der Waals surface area contributed by atoms with Crippen LogP contribution in [0.2, 0.25) is 0 Å². The summed E-state index contributed by atoms with van der Waals surface area (Å²) >= 11 is 0. The molecule has 2 atom stereocenters. The Morgan fingerprint density at radius 2 is 1.92 bits per heavy atom. The van der Waals surface area contributed by atoms with E-state index >= 15 is 0 Å². The van der Waals surface area contributed by atoms with E-state index in [9.17, 15) is 9.59 Å². The third kappa shape index (κ3) is 4.45. The molecule has 5 nitrogen and oxygen atoms in total. The Bertz CT molecular complexity index is 746. The third-order valence-electron chi connectivity index (χ3n) is 4.39. The van der Waals surface area contributed by atoms with E-state index in [-0.39, 0.29) is 23.8 Å². The number of carbonyl (C=O) groups excluding carboxylic acids is 2. The molecule has 1 saturated heterocycles. The summed E-state index contributed by atoms with van der Waals surface area (Å²) in [6.07, 6.45) is 0.933. The fourth-order valence-electron chi connectivity index (χ4n) is 3.07. The average Bonchev–Trinajstić information content (AvgIpc) is 3.09. The summed E-state index contributed by atoms with van der Waals surface area (Å²) in [4.78, 5) is 23.6. The van der Waals surface area contributed by atoms with Gasteiger partial charge in [0.2, 0.25) is 0 Å². The molecule has 3 rings (SSSR count). The molecule has 0 spiro atoms. The van der Waals surface area contributed by atoms with Crippen LogP contribution in [0.4, 0.5) is 10.5 Å². The number of anilines is 1. The molecule has 0 bridgehead atoms. The van der Waals surface area contributed by atoms with Crippen LogP contribution in [0.1, 0.15) is 35.4 Å². The third-order valence-corrected chi connectivity index (χ3v) is 4.39. The lowest BCUT2D eigenvalue weighted by atomic mass is 9.95. The van der Waals surface area contributed by atoms with Crippen LogP contribution in [0.3, 0.4) is 0 Å². The highest BCUT2D eigenvalue weighted by molar-refractivity contribution is 5.96. The van der Waals surface area contributed by atoms with E-state index < -0.39 is 0 Å². The number of Topliss-reactive ketones (excluding diaryl/α,β-unsaturated/α-hetero) is 1. The standard InChI is InChI=1S/C20H22N2O3/c1-14(23)16-8-5-9-18(12-16)22-20(24)21-13-17-10-11-25-19(17)15-6-3-2-4-7-15/h2-9,12,17,19H,10-11,13H2,1H3,(H2,21,22,24)/t17-,19-/m0/s1. The SMILES string of the molecule is CC(=O)c1cccc(NC(=O)NC[C@@H]2CCO[C@H]2c2ccccc2)c1. The minimum absolute atomic E-state index is 0.0162. The second kappa shape index (κ2) is 7.94. The summed E-state index contributed by atoms with van der Waals surface area (Å²) in [5.74, 6) is 0.217. The van der Waals surface area contributed by atoms with Crippen molar-refractivity contribution in [3.63, 3.8) is 0 Å². The van der Waals surface area contributed by atoms with Crippen molar-refractivity contribution in [1.82, 2.24) is 5.32 Å². The number of carbonyl (C=O) groups is 2. The van der Waals surface area contributed by atoms with E-state index in [0.717, 1.165) is 12.0 Å². The first-order valence-electron chi connectivity index (χ1n) is 8.46. The van der Waals surface area contributed by atoms with E-state index in [4.69, 9.17) is 4.74 Å². The van der Waals surface area contributed by atoms with Crippen molar-refractivity contribution in [2.45, 2.75) is 19.4 Å². The van der Waals surface area contributed by atoms with Crippen LogP contribution in [-0.2, 0) is 4.74 Å². The first kappa shape index (κ1) is 17.2. The zero-order chi connectivity index (χ0) is 17.6. The highest BCUT2D eigenvalue weighted by atomic mass is 16.5. The molecule has 2 amide bonds. The first-order chi connectivity index (χ1) is 12.1. The fourth-order valence-corrected chi connectivity index (χ4v) is 3.07. The summed E-state index contributed by atoms with van der Waals surface area (Å²) in [6, 6.07) is 16.7. The van der Waals surface area contributed by atoms with Gasteiger partial charge in [-0.05, 0) is 31.0 Å². The van der Waals surface area contributed by atoms with Gasteiger partial charge in [0.05, 0.1) is 6.10 Å². The summed E-state index contributed by atoms with van der Waals surface area (Å²) in [6.45, 7) is 2.75. The zero-order valence-corrected chi connectivity index (χ0v) is 14.2. The van der Waals surface area contributed by atoms with Crippen molar-refractivity contribution in [2.24, 2.45) is 5.92 Å². The lowest BCUT2D eigenvalue weighted by Crippen LogP contribution is -2.34. The molecule has 0 radical (unpaired) electrons. The van der Waals surface area contributed by atoms with Crippen molar-refractivity contribution >= 4 is 17.5 Å². The van der Waals surface area contributed by atoms with Gasteiger partial charge in [0.25, 0.3) is 0 Å². The number of hydrogen-bond acceptors (Lipinski definition) is 3. The van der Waals surface area contributed by atoms with E-state index in [1.54, 1.807) is 24.3 Å². The van der Waals surface area contributed by atoms with Gasteiger partial charge >= 0.3 is 6.03 Å². The molecule has 1 heterocycles. The lowest BCUT2D eigenvalue weighted by Gasteiger charge is -2.19. The maximum atomic E-state index is 12.1. The van der Waals surface area contributed by atoms with Gasteiger partial charge in [-0.2, -0.15) is 0 Å². The van der Waals surface area contributed by atoms with Crippen molar-refractivity contribution < 1.29 is 14.3 Å². The van der Waals surface area contributed by atoms with E-state index in [1.165, 1.54) is 6.92 Å². The highest BCUT2D eigenvalue weighted by Gasteiger charge is 2.29. The Morgan fingerprint density at radius 1 is 1.12 bits per heavy atom. The Kier molecular flexibility index (Phi) is 5.46. The maximum Gasteiger partial charge on any atom is 0.319 e. The van der Waals surface area contributed by atoms with Crippen molar-refractivity contribution in [3.05, 3.63) is 65.7 Å². The number of rotatable bonds is 5. The van der Waals surface area contributed by atoms with Crippen molar-refractivity contribution in [2.75, 3.05) is 18.5 Å². The second-order valence-corrected chi connectivity index (χ2v) is 6.22. The first-order valence-corrected chi connectivity index (χ1v) is 8.46. The van der Waals surface area contributed by atoms with Gasteiger partial charge in [0.1, 0.15) is 0 Å². The van der Waals surface area contributed by atoms with Crippen LogP contribution >= 0.6 is 0 Å². The second-order valence-electron chi connectivity index (χ2n) is 6.22. The van der Waals surface area contributed by atoms with Crippen molar-refractivity contribution in [1.29, 1.82) is 0 Å². The van der Waals surface area contributed by atoms with Crippen LogP contribution in [-0.4, -0.2) is 25.0 Å². The van der Waals surface area contributed by atoms with Crippen molar-refractivity contribution in [3.8, 4) is 0 Å². The molecule has 1 fully saturated rings. The van der Waals surface area contributed by atoms with E-state index in [0.29, 0.717) is 24.4 Å². The summed E-state index contributed by atoms with van der Waals surface area (Å²) < 4.78 is 5.84. The predicted molar refractivity (Wildman–Crippen MR) is 96.7 cm³/mol. The molecular weight excluding hydrogens is 316 g/mol. The molecule has 5 heteroatoms. The number of nitrogens with one attached hydrogen (secondary N) is 2. The molecule has 2 aromatic rings. The van der Waals surface area contributed by atoms with Gasteiger partial charge in [0.15, 0.2) is 5.78 Å². The maximum absolute atomic E-state index is 12.1. The molecule has 25 heavy (non-hydrogen) atoms. The number of ketones is 1. The molecular formula is C20H22N2O3. The Morgan fingerprint density at radius 3 is 2.68 bits per heavy atom. The fraction of sp³-hybridized carbons (Fsp3) is 0.300. The Balaban J connectivity index is 1.55. The van der Waals surface area contributed by atoms with Crippen LogP contribution in [0.25, 0.3) is 0 Å². The molecule has 1 aliphatic heterocycles. The quantitative estimate of drug-likeness (QED) is 0.815. The monoisotopic (exact) mass is 338 g/mol. The van der Waals surface area contributed by atoms with E-state index in [1.807, 2.05) is 18.2 Å². The molecule has 1 aliphatic rings. The highest BCUT2D eigenvalue weighted by Crippen LogP contribution is 2.33. The topological polar surface area (TPSA) is 67.4 Å². The molecule has 2 aromatic carbocycles. The number of amides is 2. The van der Waals surface area contributed by atoms with Gasteiger partial charge in [-0.15, -0.1) is 0 Å². The molecule has 2 N–H and O–H groups in total. The number of hydrogen-bond donors (Lipinski definition) is 2. The zero-order valence-electron chi connectivity index (χ0n) is 14.2. The Labute approximate surface area is 147 Å².